The number of nitrogens with zero attached hydrogens (tertiary/aromatic N) is 1. The maximum atomic E-state index is 13.0. The molecule has 10 heteroatoms. The molecule has 34 heavy (non-hydrogen) atoms. The first kappa shape index (κ1) is 25.1. The number of methoxy groups -OCH3 is 4. The molecule has 0 spiro atoms. The second kappa shape index (κ2) is 10.6. The van der Waals surface area contributed by atoms with Crippen LogP contribution in [0.1, 0.15) is 10.4 Å². The number of hydrogen-bond donors (Lipinski definition) is 0. The molecule has 1 heterocycles. The van der Waals surface area contributed by atoms with Gasteiger partial charge in [0.15, 0.2) is 11.5 Å². The zero-order valence-electron chi connectivity index (χ0n) is 19.9. The van der Waals surface area contributed by atoms with Crippen molar-refractivity contribution in [1.82, 2.24) is 4.90 Å². The van der Waals surface area contributed by atoms with Gasteiger partial charge in [-0.15, -0.1) is 0 Å². The van der Waals surface area contributed by atoms with Gasteiger partial charge in [-0.1, -0.05) is 0 Å². The predicted octanol–water partition coefficient (Wildman–Crippen LogP) is 2.28. The number of carbonyl (C=O) groups excluding carboxylic acids is 1. The number of hydrogen-bond acceptors (Lipinski definition) is 8. The first-order valence-electron chi connectivity index (χ1n) is 10.3. The van der Waals surface area contributed by atoms with Crippen LogP contribution in [0.2, 0.25) is 0 Å². The normalized spacial score (nSPS) is 11.7. The molecular weight excluding hydrogens is 462 g/mol. The Morgan fingerprint density at radius 3 is 2.24 bits per heavy atom. The van der Waals surface area contributed by atoms with Crippen molar-refractivity contribution in [2.75, 3.05) is 54.0 Å². The molecular formula is C24H27NO8S. The SMILES string of the molecule is COc1ccc2oc(=O)c([S+](C)CCN(C)C(=O)c3cc(OC)c(OC)c(OC)c3)c([O-])c2c1. The number of amides is 1. The molecule has 0 aliphatic rings. The first-order chi connectivity index (χ1) is 16.2. The van der Waals surface area contributed by atoms with Gasteiger partial charge in [-0.25, -0.2) is 4.79 Å². The van der Waals surface area contributed by atoms with Gasteiger partial charge < -0.3 is 33.4 Å². The lowest BCUT2D eigenvalue weighted by Crippen LogP contribution is -2.32. The molecule has 0 N–H and O–H groups in total. The number of ether oxygens (including phenoxy) is 4. The minimum Gasteiger partial charge on any atom is -0.868 e. The Labute approximate surface area is 200 Å². The summed E-state index contributed by atoms with van der Waals surface area (Å²) in [5.41, 5.74) is -0.0897. The van der Waals surface area contributed by atoms with E-state index in [-0.39, 0.29) is 27.5 Å². The highest BCUT2D eigenvalue weighted by Gasteiger charge is 2.26. The zero-order chi connectivity index (χ0) is 25.0. The van der Waals surface area contributed by atoms with Crippen LogP contribution in [0.5, 0.6) is 28.7 Å². The predicted molar refractivity (Wildman–Crippen MR) is 128 cm³/mol. The molecule has 1 aromatic heterocycles. The van der Waals surface area contributed by atoms with E-state index in [2.05, 4.69) is 0 Å². The monoisotopic (exact) mass is 489 g/mol. The summed E-state index contributed by atoms with van der Waals surface area (Å²) in [6, 6.07) is 7.87. The van der Waals surface area contributed by atoms with Gasteiger partial charge in [0, 0.05) is 28.9 Å². The minimum absolute atomic E-state index is 0.0781. The van der Waals surface area contributed by atoms with Crippen LogP contribution in [0.4, 0.5) is 0 Å². The van der Waals surface area contributed by atoms with Gasteiger partial charge in [0.25, 0.3) is 5.91 Å². The third kappa shape index (κ3) is 4.86. The molecule has 3 rings (SSSR count). The summed E-state index contributed by atoms with van der Waals surface area (Å²) in [7, 11) is 6.83. The van der Waals surface area contributed by atoms with E-state index in [0.29, 0.717) is 40.9 Å². The fourth-order valence-electron chi connectivity index (χ4n) is 3.47. The summed E-state index contributed by atoms with van der Waals surface area (Å²) < 4.78 is 26.5. The van der Waals surface area contributed by atoms with Crippen LogP contribution in [-0.2, 0) is 10.9 Å². The number of rotatable bonds is 9. The summed E-state index contributed by atoms with van der Waals surface area (Å²) in [6.07, 6.45) is 1.79. The first-order valence-corrected chi connectivity index (χ1v) is 12.1. The summed E-state index contributed by atoms with van der Waals surface area (Å²) in [4.78, 5) is 27.2. The Kier molecular flexibility index (Phi) is 7.83. The third-order valence-electron chi connectivity index (χ3n) is 5.37. The Morgan fingerprint density at radius 2 is 1.68 bits per heavy atom. The average molecular weight is 490 g/mol. The van der Waals surface area contributed by atoms with Crippen LogP contribution in [-0.4, -0.2) is 64.8 Å². The maximum Gasteiger partial charge on any atom is 0.391 e. The Hall–Kier alpha value is -3.53. The lowest BCUT2D eigenvalue weighted by atomic mass is 10.1. The van der Waals surface area contributed by atoms with E-state index in [4.69, 9.17) is 23.4 Å². The quantitative estimate of drug-likeness (QED) is 0.333. The zero-order valence-corrected chi connectivity index (χ0v) is 20.7. The van der Waals surface area contributed by atoms with Crippen LogP contribution in [0, 0.1) is 0 Å². The van der Waals surface area contributed by atoms with Gasteiger partial charge in [-0.3, -0.25) is 4.79 Å². The molecule has 0 saturated carbocycles. The Balaban J connectivity index is 1.81. The Bertz CT molecular complexity index is 1230. The van der Waals surface area contributed by atoms with Crippen molar-refractivity contribution in [2.24, 2.45) is 0 Å². The van der Waals surface area contributed by atoms with Gasteiger partial charge in [-0.05, 0) is 36.1 Å². The molecule has 0 radical (unpaired) electrons. The highest BCUT2D eigenvalue weighted by molar-refractivity contribution is 7.96. The standard InChI is InChI=1S/C24H27NO8S/c1-25(23(27)14-11-18(30-3)21(32-5)19(12-14)31-4)9-10-34(6)22-20(26)16-13-15(29-2)7-8-17(16)33-24(22)28/h7-8,11-13H,9-10H2,1-6H3. The van der Waals surface area contributed by atoms with Crippen molar-refractivity contribution >= 4 is 27.8 Å². The Morgan fingerprint density at radius 1 is 1.03 bits per heavy atom. The molecule has 0 fully saturated rings. The van der Waals surface area contributed by atoms with E-state index in [1.165, 1.54) is 33.3 Å². The number of fused-ring (bicyclic) bond motifs is 1. The van der Waals surface area contributed by atoms with Crippen LogP contribution in [0.15, 0.2) is 44.4 Å². The molecule has 0 saturated heterocycles. The summed E-state index contributed by atoms with van der Waals surface area (Å²) in [6.45, 7) is 0.310. The van der Waals surface area contributed by atoms with E-state index >= 15 is 0 Å². The van der Waals surface area contributed by atoms with Gasteiger partial charge in [0.1, 0.15) is 23.3 Å². The molecule has 0 bridgehead atoms. The minimum atomic E-state index is -0.755. The van der Waals surface area contributed by atoms with E-state index in [9.17, 15) is 14.7 Å². The average Bonchev–Trinajstić information content (AvgIpc) is 2.85. The molecule has 1 atom stereocenters. The second-order valence-corrected chi connectivity index (χ2v) is 9.48. The van der Waals surface area contributed by atoms with Crippen LogP contribution >= 0.6 is 0 Å². The van der Waals surface area contributed by atoms with Gasteiger partial charge in [0.05, 0.1) is 35.0 Å². The van der Waals surface area contributed by atoms with Gasteiger partial charge in [-0.2, -0.15) is 0 Å². The highest BCUT2D eigenvalue weighted by atomic mass is 32.2. The second-order valence-electron chi connectivity index (χ2n) is 7.39. The molecule has 1 amide bonds. The van der Waals surface area contributed by atoms with Crippen molar-refractivity contribution in [2.45, 2.75) is 4.90 Å². The lowest BCUT2D eigenvalue weighted by molar-refractivity contribution is -0.270. The van der Waals surface area contributed by atoms with Crippen molar-refractivity contribution in [3.05, 3.63) is 46.3 Å². The lowest BCUT2D eigenvalue weighted by Gasteiger charge is -2.19. The molecule has 3 aromatic rings. The van der Waals surface area contributed by atoms with Gasteiger partial charge >= 0.3 is 5.63 Å². The van der Waals surface area contributed by atoms with E-state index in [1.807, 2.05) is 0 Å². The van der Waals surface area contributed by atoms with Crippen molar-refractivity contribution < 1.29 is 33.3 Å². The topological polar surface area (TPSA) is 111 Å². The van der Waals surface area contributed by atoms with Crippen LogP contribution < -0.4 is 29.7 Å². The van der Waals surface area contributed by atoms with E-state index in [0.717, 1.165) is 0 Å². The van der Waals surface area contributed by atoms with E-state index in [1.54, 1.807) is 43.6 Å². The molecule has 182 valence electrons. The van der Waals surface area contributed by atoms with Crippen molar-refractivity contribution in [1.29, 1.82) is 0 Å². The number of benzene rings is 2. The largest absolute Gasteiger partial charge is 0.868 e. The highest BCUT2D eigenvalue weighted by Crippen LogP contribution is 2.38. The van der Waals surface area contributed by atoms with Crippen molar-refractivity contribution in [3.8, 4) is 28.7 Å². The van der Waals surface area contributed by atoms with E-state index < -0.39 is 16.5 Å². The van der Waals surface area contributed by atoms with Crippen molar-refractivity contribution in [3.63, 3.8) is 0 Å². The summed E-state index contributed by atoms with van der Waals surface area (Å²) in [5.74, 6) is 1.38. The number of carbonyl (C=O) groups is 1. The van der Waals surface area contributed by atoms with Crippen LogP contribution in [0.25, 0.3) is 11.0 Å². The molecule has 9 nitrogen and oxygen atoms in total. The summed E-state index contributed by atoms with van der Waals surface area (Å²) in [5, 5.41) is 13.3. The van der Waals surface area contributed by atoms with Gasteiger partial charge in [0.2, 0.25) is 10.6 Å². The molecule has 2 aromatic carbocycles. The fraction of sp³-hybridized carbons (Fsp3) is 0.333. The smallest absolute Gasteiger partial charge is 0.391 e. The fourth-order valence-corrected chi connectivity index (χ4v) is 4.97. The third-order valence-corrected chi connectivity index (χ3v) is 7.21. The molecule has 1 unspecified atom stereocenters. The summed E-state index contributed by atoms with van der Waals surface area (Å²) >= 11 is 0. The maximum absolute atomic E-state index is 13.0. The molecule has 0 aliphatic carbocycles. The molecule has 0 aliphatic heterocycles. The van der Waals surface area contributed by atoms with Crippen LogP contribution in [0.3, 0.4) is 0 Å².